The fourth-order valence-corrected chi connectivity index (χ4v) is 6.87. The Balaban J connectivity index is 1.16. The van der Waals surface area contributed by atoms with Crippen molar-refractivity contribution in [3.63, 3.8) is 0 Å². The van der Waals surface area contributed by atoms with Gasteiger partial charge in [-0.2, -0.15) is 0 Å². The third kappa shape index (κ3) is 3.53. The molecule has 0 spiro atoms. The predicted molar refractivity (Wildman–Crippen MR) is 111 cm³/mol. The lowest BCUT2D eigenvalue weighted by Crippen LogP contribution is -2.56. The fraction of sp³-hybridized carbons (Fsp3) is 0.667. The molecule has 4 saturated carbocycles. The molecule has 5 heteroatoms. The van der Waals surface area contributed by atoms with E-state index in [1.165, 1.54) is 19.3 Å². The first-order valence-corrected chi connectivity index (χ1v) is 11.3. The standard InChI is InChI=1S/C24H32N2O3/c1-29-21-4-2-19(3-5-21)22(27)26-8-6-20(7-9-26)25-23(28)24-13-16-10-17(14-24)12-18(11-16)15-24/h2-5,16-18,20H,6-15H2,1H3,(H,25,28). The Morgan fingerprint density at radius 1 is 0.966 bits per heavy atom. The lowest BCUT2D eigenvalue weighted by atomic mass is 9.49. The van der Waals surface area contributed by atoms with E-state index >= 15 is 0 Å². The highest BCUT2D eigenvalue weighted by Gasteiger charge is 2.54. The van der Waals surface area contributed by atoms with Crippen molar-refractivity contribution in [2.75, 3.05) is 20.2 Å². The summed E-state index contributed by atoms with van der Waals surface area (Å²) in [7, 11) is 1.62. The van der Waals surface area contributed by atoms with Crippen molar-refractivity contribution in [3.8, 4) is 5.75 Å². The van der Waals surface area contributed by atoms with Gasteiger partial charge in [-0.3, -0.25) is 9.59 Å². The van der Waals surface area contributed by atoms with E-state index in [0.29, 0.717) is 24.6 Å². The molecule has 1 aliphatic heterocycles. The Hall–Kier alpha value is -2.04. The zero-order chi connectivity index (χ0) is 20.0. The van der Waals surface area contributed by atoms with Crippen molar-refractivity contribution in [1.29, 1.82) is 0 Å². The number of hydrogen-bond acceptors (Lipinski definition) is 3. The number of likely N-dealkylation sites (tertiary alicyclic amines) is 1. The Morgan fingerprint density at radius 3 is 2.03 bits per heavy atom. The first-order valence-electron chi connectivity index (χ1n) is 11.3. The lowest BCUT2D eigenvalue weighted by Gasteiger charge is -2.56. The first-order chi connectivity index (χ1) is 14.0. The predicted octanol–water partition coefficient (Wildman–Crippen LogP) is 3.63. The van der Waals surface area contributed by atoms with Crippen molar-refractivity contribution < 1.29 is 14.3 Å². The second-order valence-electron chi connectivity index (χ2n) is 9.97. The van der Waals surface area contributed by atoms with Gasteiger partial charge in [0.2, 0.25) is 5.91 Å². The normalized spacial score (nSPS) is 33.6. The molecule has 1 aromatic rings. The summed E-state index contributed by atoms with van der Waals surface area (Å²) in [5.74, 6) is 3.51. The van der Waals surface area contributed by atoms with Gasteiger partial charge in [-0.05, 0) is 93.4 Å². The van der Waals surface area contributed by atoms with Crippen molar-refractivity contribution in [2.45, 2.75) is 57.4 Å². The Labute approximate surface area is 173 Å². The summed E-state index contributed by atoms with van der Waals surface area (Å²) < 4.78 is 5.17. The largest absolute Gasteiger partial charge is 0.497 e. The van der Waals surface area contributed by atoms with Gasteiger partial charge in [0.1, 0.15) is 5.75 Å². The average molecular weight is 397 g/mol. The van der Waals surface area contributed by atoms with Crippen LogP contribution in [-0.2, 0) is 4.79 Å². The summed E-state index contributed by atoms with van der Waals surface area (Å²) in [5, 5.41) is 3.40. The average Bonchev–Trinajstić information content (AvgIpc) is 2.73. The van der Waals surface area contributed by atoms with Crippen molar-refractivity contribution >= 4 is 11.8 Å². The maximum atomic E-state index is 13.3. The summed E-state index contributed by atoms with van der Waals surface area (Å²) in [6.07, 6.45) is 9.11. The third-order valence-corrected chi connectivity index (χ3v) is 7.97. The lowest BCUT2D eigenvalue weighted by molar-refractivity contribution is -0.147. The molecular weight excluding hydrogens is 364 g/mol. The van der Waals surface area contributed by atoms with Gasteiger partial charge in [-0.15, -0.1) is 0 Å². The molecule has 1 N–H and O–H groups in total. The second kappa shape index (κ2) is 7.33. The Kier molecular flexibility index (Phi) is 4.79. The fourth-order valence-electron chi connectivity index (χ4n) is 6.87. The summed E-state index contributed by atoms with van der Waals surface area (Å²) in [4.78, 5) is 27.9. The van der Waals surface area contributed by atoms with Crippen LogP contribution in [0.1, 0.15) is 61.7 Å². The van der Waals surface area contributed by atoms with Gasteiger partial charge >= 0.3 is 0 Å². The molecule has 5 fully saturated rings. The molecule has 29 heavy (non-hydrogen) atoms. The molecule has 5 nitrogen and oxygen atoms in total. The molecule has 1 aromatic carbocycles. The Bertz CT molecular complexity index is 745. The molecule has 4 aliphatic carbocycles. The molecule has 156 valence electrons. The number of methoxy groups -OCH3 is 1. The highest BCUT2D eigenvalue weighted by Crippen LogP contribution is 2.60. The SMILES string of the molecule is COc1ccc(C(=O)N2CCC(NC(=O)C34CC5CC(CC(C5)C3)C4)CC2)cc1. The van der Waals surface area contributed by atoms with E-state index in [4.69, 9.17) is 4.74 Å². The van der Waals surface area contributed by atoms with Crippen LogP contribution in [0.5, 0.6) is 5.75 Å². The molecule has 0 aromatic heterocycles. The van der Waals surface area contributed by atoms with Gasteiger partial charge in [-0.25, -0.2) is 0 Å². The van der Waals surface area contributed by atoms with E-state index in [1.807, 2.05) is 29.2 Å². The second-order valence-corrected chi connectivity index (χ2v) is 9.97. The minimum absolute atomic E-state index is 0.0681. The molecule has 0 unspecified atom stereocenters. The number of amides is 2. The summed E-state index contributed by atoms with van der Waals surface area (Å²) in [6, 6.07) is 7.50. The molecular formula is C24H32N2O3. The zero-order valence-electron chi connectivity index (χ0n) is 17.4. The van der Waals surface area contributed by atoms with Crippen LogP contribution in [0, 0.1) is 23.2 Å². The molecule has 0 atom stereocenters. The van der Waals surface area contributed by atoms with Crippen LogP contribution in [0.4, 0.5) is 0 Å². The topological polar surface area (TPSA) is 58.6 Å². The summed E-state index contributed by atoms with van der Waals surface area (Å²) in [5.41, 5.74) is 0.618. The van der Waals surface area contributed by atoms with Gasteiger partial charge in [-0.1, -0.05) is 0 Å². The monoisotopic (exact) mass is 396 g/mol. The number of carbonyl (C=O) groups is 2. The molecule has 1 heterocycles. The van der Waals surface area contributed by atoms with Crippen molar-refractivity contribution in [1.82, 2.24) is 10.2 Å². The molecule has 0 radical (unpaired) electrons. The number of carbonyl (C=O) groups excluding carboxylic acids is 2. The quantitative estimate of drug-likeness (QED) is 0.845. The summed E-state index contributed by atoms with van der Waals surface area (Å²) in [6.45, 7) is 1.41. The minimum Gasteiger partial charge on any atom is -0.497 e. The number of benzene rings is 1. The van der Waals surface area contributed by atoms with E-state index in [-0.39, 0.29) is 17.4 Å². The van der Waals surface area contributed by atoms with E-state index in [1.54, 1.807) is 7.11 Å². The third-order valence-electron chi connectivity index (χ3n) is 7.97. The molecule has 2 amide bonds. The van der Waals surface area contributed by atoms with Gasteiger partial charge in [0.15, 0.2) is 0 Å². The number of hydrogen-bond donors (Lipinski definition) is 1. The Morgan fingerprint density at radius 2 is 1.52 bits per heavy atom. The molecule has 1 saturated heterocycles. The van der Waals surface area contributed by atoms with Crippen molar-refractivity contribution in [3.05, 3.63) is 29.8 Å². The maximum Gasteiger partial charge on any atom is 0.253 e. The maximum absolute atomic E-state index is 13.3. The molecule has 4 bridgehead atoms. The van der Waals surface area contributed by atoms with Crippen LogP contribution >= 0.6 is 0 Å². The van der Waals surface area contributed by atoms with Crippen LogP contribution in [0.2, 0.25) is 0 Å². The van der Waals surface area contributed by atoms with Gasteiger partial charge < -0.3 is 15.0 Å². The number of ether oxygens (including phenoxy) is 1. The van der Waals surface area contributed by atoms with Crippen LogP contribution in [0.15, 0.2) is 24.3 Å². The van der Waals surface area contributed by atoms with E-state index in [0.717, 1.165) is 55.6 Å². The van der Waals surface area contributed by atoms with Gasteiger partial charge in [0, 0.05) is 30.1 Å². The highest BCUT2D eigenvalue weighted by molar-refractivity contribution is 5.94. The van der Waals surface area contributed by atoms with Crippen LogP contribution in [-0.4, -0.2) is 43.0 Å². The van der Waals surface area contributed by atoms with Gasteiger partial charge in [0.25, 0.3) is 5.91 Å². The van der Waals surface area contributed by atoms with Crippen LogP contribution in [0.3, 0.4) is 0 Å². The van der Waals surface area contributed by atoms with E-state index in [2.05, 4.69) is 5.32 Å². The van der Waals surface area contributed by atoms with Gasteiger partial charge in [0.05, 0.1) is 7.11 Å². The van der Waals surface area contributed by atoms with E-state index < -0.39 is 0 Å². The number of nitrogens with one attached hydrogen (secondary N) is 1. The van der Waals surface area contributed by atoms with E-state index in [9.17, 15) is 9.59 Å². The number of piperidine rings is 1. The van der Waals surface area contributed by atoms with Crippen molar-refractivity contribution in [2.24, 2.45) is 23.2 Å². The molecule has 5 aliphatic rings. The molecule has 6 rings (SSSR count). The minimum atomic E-state index is -0.0786. The first kappa shape index (κ1) is 19.0. The van der Waals surface area contributed by atoms with Crippen LogP contribution < -0.4 is 10.1 Å². The number of nitrogens with zero attached hydrogens (tertiary/aromatic N) is 1. The smallest absolute Gasteiger partial charge is 0.253 e. The van der Waals surface area contributed by atoms with Crippen LogP contribution in [0.25, 0.3) is 0 Å². The zero-order valence-corrected chi connectivity index (χ0v) is 17.4. The highest BCUT2D eigenvalue weighted by atomic mass is 16.5. The number of rotatable bonds is 4. The summed E-state index contributed by atoms with van der Waals surface area (Å²) >= 11 is 0.